The summed E-state index contributed by atoms with van der Waals surface area (Å²) in [5.74, 6) is 0.344. The smallest absolute Gasteiger partial charge is 0.115 e. The summed E-state index contributed by atoms with van der Waals surface area (Å²) >= 11 is 3.59. The summed E-state index contributed by atoms with van der Waals surface area (Å²) in [7, 11) is 0. The molecule has 1 aromatic carbocycles. The first-order chi connectivity index (χ1) is 8.22. The van der Waals surface area contributed by atoms with Crippen molar-refractivity contribution in [1.82, 2.24) is 10.2 Å². The maximum atomic E-state index is 9.63. The minimum Gasteiger partial charge on any atom is -0.508 e. The van der Waals surface area contributed by atoms with Crippen molar-refractivity contribution < 1.29 is 5.11 Å². The Balaban J connectivity index is 2.24. The largest absolute Gasteiger partial charge is 0.508 e. The number of phenols is 1. The monoisotopic (exact) mass is 298 g/mol. The van der Waals surface area contributed by atoms with E-state index in [9.17, 15) is 5.11 Å². The van der Waals surface area contributed by atoms with Crippen LogP contribution in [-0.2, 0) is 0 Å². The molecular weight excluding hydrogens is 280 g/mol. The average Bonchev–Trinajstić information content (AvgIpc) is 2.36. The van der Waals surface area contributed by atoms with E-state index in [-0.39, 0.29) is 0 Å². The lowest BCUT2D eigenvalue weighted by Crippen LogP contribution is -2.45. The SMILES string of the molecule is CC[C@@H](c1cc(O)ccc1Br)N1CCNCC1. The molecule has 0 radical (unpaired) electrons. The number of piperazine rings is 1. The van der Waals surface area contributed by atoms with E-state index in [1.165, 1.54) is 5.56 Å². The standard InChI is InChI=1S/C13H19BrN2O/c1-2-13(16-7-5-15-6-8-16)11-9-10(17)3-4-12(11)14/h3-4,9,13,15,17H,2,5-8H2,1H3/t13-/m0/s1. The van der Waals surface area contributed by atoms with E-state index in [0.29, 0.717) is 11.8 Å². The topological polar surface area (TPSA) is 35.5 Å². The molecule has 3 nitrogen and oxygen atoms in total. The molecule has 2 rings (SSSR count). The molecule has 17 heavy (non-hydrogen) atoms. The van der Waals surface area contributed by atoms with Gasteiger partial charge in [-0.05, 0) is 30.2 Å². The Hall–Kier alpha value is -0.580. The molecule has 1 fully saturated rings. The molecule has 4 heteroatoms. The van der Waals surface area contributed by atoms with Crippen LogP contribution in [0.2, 0.25) is 0 Å². The Labute approximate surface area is 111 Å². The second-order valence-corrected chi connectivity index (χ2v) is 5.27. The van der Waals surface area contributed by atoms with Crippen molar-refractivity contribution in [3.63, 3.8) is 0 Å². The molecular formula is C13H19BrN2O. The van der Waals surface area contributed by atoms with Crippen LogP contribution in [0.1, 0.15) is 24.9 Å². The summed E-state index contributed by atoms with van der Waals surface area (Å²) in [6.07, 6.45) is 1.06. The Bertz CT molecular complexity index is 378. The van der Waals surface area contributed by atoms with Gasteiger partial charge in [-0.25, -0.2) is 0 Å². The highest BCUT2D eigenvalue weighted by Gasteiger charge is 2.22. The molecule has 0 spiro atoms. The zero-order valence-corrected chi connectivity index (χ0v) is 11.7. The maximum Gasteiger partial charge on any atom is 0.115 e. The van der Waals surface area contributed by atoms with Crippen molar-refractivity contribution in [3.8, 4) is 5.75 Å². The molecule has 1 saturated heterocycles. The van der Waals surface area contributed by atoms with Gasteiger partial charge in [0.2, 0.25) is 0 Å². The van der Waals surface area contributed by atoms with Gasteiger partial charge >= 0.3 is 0 Å². The molecule has 1 aliphatic rings. The van der Waals surface area contributed by atoms with E-state index >= 15 is 0 Å². The highest BCUT2D eigenvalue weighted by Crippen LogP contribution is 2.32. The van der Waals surface area contributed by atoms with Gasteiger partial charge in [0, 0.05) is 36.7 Å². The summed E-state index contributed by atoms with van der Waals surface area (Å²) in [6.45, 7) is 6.43. The van der Waals surface area contributed by atoms with Crippen molar-refractivity contribution in [1.29, 1.82) is 0 Å². The molecule has 94 valence electrons. The fourth-order valence-electron chi connectivity index (χ4n) is 2.46. The first-order valence-electron chi connectivity index (χ1n) is 6.15. The van der Waals surface area contributed by atoms with Crippen LogP contribution in [0, 0.1) is 0 Å². The van der Waals surface area contributed by atoms with E-state index < -0.39 is 0 Å². The van der Waals surface area contributed by atoms with Crippen LogP contribution >= 0.6 is 15.9 Å². The third kappa shape index (κ3) is 3.00. The number of phenolic OH excluding ortho intramolecular Hbond substituents is 1. The lowest BCUT2D eigenvalue weighted by atomic mass is 10.0. The number of hydrogen-bond acceptors (Lipinski definition) is 3. The van der Waals surface area contributed by atoms with Gasteiger partial charge in [0.1, 0.15) is 5.75 Å². The van der Waals surface area contributed by atoms with Gasteiger partial charge in [-0.1, -0.05) is 22.9 Å². The van der Waals surface area contributed by atoms with E-state index in [1.54, 1.807) is 6.07 Å². The third-order valence-electron chi connectivity index (χ3n) is 3.32. The Morgan fingerprint density at radius 2 is 2.12 bits per heavy atom. The van der Waals surface area contributed by atoms with Crippen LogP contribution in [0.5, 0.6) is 5.75 Å². The van der Waals surface area contributed by atoms with E-state index in [1.807, 2.05) is 12.1 Å². The van der Waals surface area contributed by atoms with E-state index in [2.05, 4.69) is 33.1 Å². The lowest BCUT2D eigenvalue weighted by molar-refractivity contribution is 0.168. The molecule has 0 bridgehead atoms. The summed E-state index contributed by atoms with van der Waals surface area (Å²) in [6, 6.07) is 5.91. The molecule has 1 heterocycles. The van der Waals surface area contributed by atoms with E-state index in [0.717, 1.165) is 37.1 Å². The van der Waals surface area contributed by atoms with Crippen LogP contribution in [0.3, 0.4) is 0 Å². The second kappa shape index (κ2) is 5.85. The normalized spacial score (nSPS) is 19.2. The first-order valence-corrected chi connectivity index (χ1v) is 6.95. The van der Waals surface area contributed by atoms with Gasteiger partial charge in [-0.15, -0.1) is 0 Å². The summed E-state index contributed by atoms with van der Waals surface area (Å²) in [5, 5.41) is 13.0. The van der Waals surface area contributed by atoms with Crippen molar-refractivity contribution >= 4 is 15.9 Å². The summed E-state index contributed by atoms with van der Waals surface area (Å²) in [5.41, 5.74) is 1.19. The molecule has 2 N–H and O–H groups in total. The fourth-order valence-corrected chi connectivity index (χ4v) is 2.97. The number of aromatic hydroxyl groups is 1. The third-order valence-corrected chi connectivity index (χ3v) is 4.04. The van der Waals surface area contributed by atoms with Crippen LogP contribution in [0.4, 0.5) is 0 Å². The molecule has 0 aromatic heterocycles. The molecule has 1 atom stereocenters. The predicted molar refractivity (Wildman–Crippen MR) is 73.3 cm³/mol. The first kappa shape index (κ1) is 12.9. The highest BCUT2D eigenvalue weighted by molar-refractivity contribution is 9.10. The van der Waals surface area contributed by atoms with E-state index in [4.69, 9.17) is 0 Å². The van der Waals surface area contributed by atoms with Crippen LogP contribution in [0.15, 0.2) is 22.7 Å². The maximum absolute atomic E-state index is 9.63. The van der Waals surface area contributed by atoms with Gasteiger partial charge in [-0.2, -0.15) is 0 Å². The molecule has 1 aliphatic heterocycles. The van der Waals surface area contributed by atoms with Gasteiger partial charge < -0.3 is 10.4 Å². The van der Waals surface area contributed by atoms with Crippen molar-refractivity contribution in [2.75, 3.05) is 26.2 Å². The Morgan fingerprint density at radius 1 is 1.41 bits per heavy atom. The number of halogens is 1. The highest BCUT2D eigenvalue weighted by atomic mass is 79.9. The number of nitrogens with zero attached hydrogens (tertiary/aromatic N) is 1. The zero-order valence-electron chi connectivity index (χ0n) is 10.1. The van der Waals surface area contributed by atoms with Gasteiger partial charge in [0.25, 0.3) is 0 Å². The zero-order chi connectivity index (χ0) is 12.3. The quantitative estimate of drug-likeness (QED) is 0.900. The number of hydrogen-bond donors (Lipinski definition) is 2. The van der Waals surface area contributed by atoms with Crippen LogP contribution < -0.4 is 5.32 Å². The second-order valence-electron chi connectivity index (χ2n) is 4.42. The molecule has 0 unspecified atom stereocenters. The van der Waals surface area contributed by atoms with Gasteiger partial charge in [0.15, 0.2) is 0 Å². The minimum atomic E-state index is 0.344. The average molecular weight is 299 g/mol. The van der Waals surface area contributed by atoms with Gasteiger partial charge in [-0.3, -0.25) is 4.90 Å². The molecule has 0 amide bonds. The Morgan fingerprint density at radius 3 is 2.76 bits per heavy atom. The minimum absolute atomic E-state index is 0.344. The van der Waals surface area contributed by atoms with Crippen LogP contribution in [-0.4, -0.2) is 36.2 Å². The number of benzene rings is 1. The molecule has 1 aromatic rings. The predicted octanol–water partition coefficient (Wildman–Crippen LogP) is 2.51. The van der Waals surface area contributed by atoms with Crippen molar-refractivity contribution in [2.24, 2.45) is 0 Å². The Kier molecular flexibility index (Phi) is 4.42. The summed E-state index contributed by atoms with van der Waals surface area (Å²) in [4.78, 5) is 2.48. The lowest BCUT2D eigenvalue weighted by Gasteiger charge is -2.35. The fraction of sp³-hybridized carbons (Fsp3) is 0.538. The van der Waals surface area contributed by atoms with Crippen LogP contribution in [0.25, 0.3) is 0 Å². The molecule has 0 saturated carbocycles. The number of rotatable bonds is 3. The van der Waals surface area contributed by atoms with Crippen molar-refractivity contribution in [2.45, 2.75) is 19.4 Å². The number of nitrogens with one attached hydrogen (secondary N) is 1. The van der Waals surface area contributed by atoms with Crippen molar-refractivity contribution in [3.05, 3.63) is 28.2 Å². The van der Waals surface area contributed by atoms with Gasteiger partial charge in [0.05, 0.1) is 0 Å². The summed E-state index contributed by atoms with van der Waals surface area (Å²) < 4.78 is 1.08. The molecule has 0 aliphatic carbocycles.